The first-order chi connectivity index (χ1) is 12.2. The third kappa shape index (κ3) is 6.09. The third-order valence-electron chi connectivity index (χ3n) is 6.94. The minimum atomic E-state index is -0.106. The maximum atomic E-state index is 6.69. The Kier molecular flexibility index (Phi) is 11.4. The zero-order valence-electron chi connectivity index (χ0n) is 18.4. The van der Waals surface area contributed by atoms with Crippen LogP contribution in [0.2, 0.25) is 0.951 Å². The Balaban J connectivity index is 2.11. The van der Waals surface area contributed by atoms with Crippen molar-refractivity contribution >= 4 is 55.5 Å². The predicted octanol–water partition coefficient (Wildman–Crippen LogP) is 3.71. The molecule has 0 radical (unpaired) electrons. The van der Waals surface area contributed by atoms with Gasteiger partial charge in [-0.1, -0.05) is 0 Å². The van der Waals surface area contributed by atoms with E-state index in [1.54, 1.807) is 0 Å². The number of hydrogen-bond donors (Lipinski definition) is 0. The van der Waals surface area contributed by atoms with Crippen molar-refractivity contribution in [3.8, 4) is 0 Å². The van der Waals surface area contributed by atoms with Crippen LogP contribution in [-0.2, 0) is 18.9 Å². The Bertz CT molecular complexity index is 434. The molecule has 2 aliphatic rings. The Hall–Kier alpha value is 3.11. The fraction of sp³-hybridized carbons (Fsp3) is 1.00. The maximum absolute atomic E-state index is 6.69. The van der Waals surface area contributed by atoms with E-state index in [1.807, 2.05) is 0 Å². The first-order valence-corrected chi connectivity index (χ1v) is 20.1. The van der Waals surface area contributed by atoms with Crippen LogP contribution in [0.5, 0.6) is 0 Å². The molecule has 0 aromatic carbocycles. The summed E-state index contributed by atoms with van der Waals surface area (Å²) in [6.07, 6.45) is 0.672. The van der Waals surface area contributed by atoms with Crippen LogP contribution < -0.4 is 0 Å². The molecule has 10 atom stereocenters. The van der Waals surface area contributed by atoms with Gasteiger partial charge in [-0.25, -0.2) is 0 Å². The van der Waals surface area contributed by atoms with Gasteiger partial charge in [-0.15, -0.1) is 0 Å². The summed E-state index contributed by atoms with van der Waals surface area (Å²) >= 11 is 1.05. The summed E-state index contributed by atoms with van der Waals surface area (Å²) in [6.45, 7) is 15.7. The topological polar surface area (TPSA) is 36.9 Å². The molecule has 2 fully saturated rings. The van der Waals surface area contributed by atoms with Gasteiger partial charge in [0.2, 0.25) is 0 Å². The standard InChI is InChI=1S/C20H36O4.Ra.Rb.H/c1-10(2)21-19-15(7)13(5)18(17(9)23-19)24-20-14(6)11(3)12(4)16(8)22-20;;;/h10-20H,8-9H2,1-7H3;;;/t11-,12?,13+,14+,15+,16+,17+,18-,19?,20?;;;/m0.../s1. The van der Waals surface area contributed by atoms with Gasteiger partial charge >= 0.3 is 233 Å². The van der Waals surface area contributed by atoms with Crippen molar-refractivity contribution in [2.45, 2.75) is 86.4 Å². The summed E-state index contributed by atoms with van der Waals surface area (Å²) in [6, 6.07) is 0. The van der Waals surface area contributed by atoms with Gasteiger partial charge in [0.1, 0.15) is 0 Å². The average molecular weight is 653 g/mol. The molecule has 3 unspecified atom stereocenters. The summed E-state index contributed by atoms with van der Waals surface area (Å²) in [4.78, 5) is 0. The Morgan fingerprint density at radius 1 is 0.846 bits per heavy atom. The van der Waals surface area contributed by atoms with Gasteiger partial charge in [-0.05, 0) is 0 Å². The van der Waals surface area contributed by atoms with Gasteiger partial charge in [-0.3, -0.25) is 0 Å². The quantitative estimate of drug-likeness (QED) is 0.439. The molecule has 4 nitrogen and oxygen atoms in total. The van der Waals surface area contributed by atoms with Gasteiger partial charge in [0.25, 0.3) is 0 Å². The molecule has 0 aromatic rings. The predicted molar refractivity (Wildman–Crippen MR) is 101 cm³/mol. The van der Waals surface area contributed by atoms with Gasteiger partial charge < -0.3 is 0 Å². The molecule has 0 aliphatic carbocycles. The van der Waals surface area contributed by atoms with E-state index in [2.05, 4.69) is 48.5 Å². The van der Waals surface area contributed by atoms with Crippen LogP contribution in [0.3, 0.4) is 0 Å². The van der Waals surface area contributed by atoms with Crippen molar-refractivity contribution in [3.05, 3.63) is 0 Å². The van der Waals surface area contributed by atoms with Crippen LogP contribution in [0.25, 0.3) is 0 Å². The van der Waals surface area contributed by atoms with E-state index in [0.29, 0.717) is 134 Å². The van der Waals surface area contributed by atoms with Crippen LogP contribution in [0.4, 0.5) is 0 Å². The first-order valence-electron chi connectivity index (χ1n) is 10.8. The van der Waals surface area contributed by atoms with Gasteiger partial charge in [-0.2, -0.15) is 0 Å². The summed E-state index contributed by atoms with van der Waals surface area (Å²) in [5.74, 6) is 2.44. The molecule has 0 amide bonds. The summed E-state index contributed by atoms with van der Waals surface area (Å²) in [5.41, 5.74) is 0. The monoisotopic (exact) mass is 652 g/mol. The molecule has 0 spiro atoms. The Morgan fingerprint density at radius 2 is 1.42 bits per heavy atom. The van der Waals surface area contributed by atoms with Gasteiger partial charge in [0.05, 0.1) is 0 Å². The van der Waals surface area contributed by atoms with Crippen LogP contribution in [0.1, 0.15) is 48.5 Å². The molecule has 0 aromatic heterocycles. The second kappa shape index (κ2) is 11.7. The molecule has 0 saturated carbocycles. The van der Waals surface area contributed by atoms with E-state index in [4.69, 9.17) is 18.9 Å². The van der Waals surface area contributed by atoms with E-state index in [-0.39, 0.29) is 30.9 Å². The number of hydrogen-bond acceptors (Lipinski definition) is 4. The van der Waals surface area contributed by atoms with Gasteiger partial charge in [0, 0.05) is 0 Å². The molecule has 26 heavy (non-hydrogen) atoms. The molecular weight excluding hydrogens is 616 g/mol. The third-order valence-corrected chi connectivity index (χ3v) is 12.2. The molecule has 144 valence electrons. The molecule has 2 aliphatic heterocycles. The molecule has 0 N–H and O–H groups in total. The van der Waals surface area contributed by atoms with E-state index < -0.39 is 0 Å². The fourth-order valence-electron chi connectivity index (χ4n) is 4.49. The molecule has 0 bridgehead atoms. The van der Waals surface area contributed by atoms with Crippen LogP contribution in [-0.4, -0.2) is 92.5 Å². The van der Waals surface area contributed by atoms with Crippen molar-refractivity contribution in [1.82, 2.24) is 0 Å². The van der Waals surface area contributed by atoms with Crippen LogP contribution in [0.15, 0.2) is 0 Å². The summed E-state index contributed by atoms with van der Waals surface area (Å²) in [7, 11) is 0. The molecule has 2 rings (SSSR count). The Labute approximate surface area is 229 Å². The van der Waals surface area contributed by atoms with E-state index >= 15 is 0 Å². The molecular formula is C20H37O4RaRb. The second-order valence-corrected chi connectivity index (χ2v) is 14.3. The molecule has 6 heteroatoms. The first kappa shape index (κ1) is 25.4. The summed E-state index contributed by atoms with van der Waals surface area (Å²) < 4.78 is 28.0. The zero-order valence-corrected chi connectivity index (χ0v) is 31.5. The Morgan fingerprint density at radius 3 is 1.96 bits per heavy atom. The average Bonchev–Trinajstić information content (AvgIpc) is 2.60. The van der Waals surface area contributed by atoms with Crippen molar-refractivity contribution in [2.24, 2.45) is 29.6 Å². The fourth-order valence-corrected chi connectivity index (χ4v) is 9.49. The molecule has 2 heterocycles. The normalized spacial score (nSPS) is 47.3. The van der Waals surface area contributed by atoms with Gasteiger partial charge in [0.15, 0.2) is 0 Å². The van der Waals surface area contributed by atoms with Crippen LogP contribution >= 0.6 is 0 Å². The minimum absolute atomic E-state index is 0.0881. The van der Waals surface area contributed by atoms with E-state index in [1.165, 1.54) is -0.511 Å². The second-order valence-electron chi connectivity index (χ2n) is 8.98. The van der Waals surface area contributed by atoms with Crippen LogP contribution in [0, 0.1) is 72.4 Å². The number of rotatable bonds is 6. The van der Waals surface area contributed by atoms with E-state index in [9.17, 15) is 0 Å². The zero-order chi connectivity index (χ0) is 19.6. The van der Waals surface area contributed by atoms with E-state index in [0.717, 1.165) is 1.46 Å². The van der Waals surface area contributed by atoms with Crippen molar-refractivity contribution in [1.29, 1.82) is 0 Å². The van der Waals surface area contributed by atoms with Crippen molar-refractivity contribution in [3.63, 3.8) is 0 Å². The molecule has 2 saturated heterocycles. The summed E-state index contributed by atoms with van der Waals surface area (Å²) in [5, 5.41) is 0. The van der Waals surface area contributed by atoms with Crippen molar-refractivity contribution < 1.29 is 61.7 Å². The SMILES string of the molecule is CC(C)OC1O[C@H]([CH2][RaH])[C@@H](OC2O[C@H]([CH2][Rb])C(C)[C@H](C)[C@H]2C)[C@H](C)[C@H]1C. The number of ether oxygens (including phenoxy) is 4. The van der Waals surface area contributed by atoms with Crippen molar-refractivity contribution in [2.75, 3.05) is 0 Å².